The van der Waals surface area contributed by atoms with Crippen LogP contribution in [0.15, 0.2) is 60.4 Å². The Morgan fingerprint density at radius 1 is 1.06 bits per heavy atom. The fourth-order valence-corrected chi connectivity index (χ4v) is 3.56. The lowest BCUT2D eigenvalue weighted by molar-refractivity contribution is -0.228. The van der Waals surface area contributed by atoms with E-state index in [2.05, 4.69) is 0 Å². The number of rotatable bonds is 9. The monoisotopic (exact) mass is 450 g/mol. The largest absolute Gasteiger partial charge is 0.494 e. The van der Waals surface area contributed by atoms with Crippen molar-refractivity contribution >= 4 is 0 Å². The molecule has 0 fully saturated rings. The summed E-state index contributed by atoms with van der Waals surface area (Å²) in [7, 11) is 1.59. The van der Waals surface area contributed by atoms with Crippen LogP contribution in [0, 0.1) is 17.6 Å². The van der Waals surface area contributed by atoms with Crippen molar-refractivity contribution in [1.29, 1.82) is 0 Å². The van der Waals surface area contributed by atoms with Gasteiger partial charge < -0.3 is 14.2 Å². The zero-order valence-corrected chi connectivity index (χ0v) is 18.0. The lowest BCUT2D eigenvalue weighted by Crippen LogP contribution is -2.22. The Morgan fingerprint density at radius 2 is 1.81 bits per heavy atom. The molecule has 1 unspecified atom stereocenters. The zero-order chi connectivity index (χ0) is 23.1. The van der Waals surface area contributed by atoms with Crippen molar-refractivity contribution in [3.8, 4) is 16.9 Å². The van der Waals surface area contributed by atoms with Gasteiger partial charge >= 0.3 is 6.11 Å². The molecule has 0 radical (unpaired) electrons. The molecule has 0 amide bonds. The molecular weight excluding hydrogens is 424 g/mol. The third kappa shape index (κ3) is 5.71. The van der Waals surface area contributed by atoms with Gasteiger partial charge in [0.15, 0.2) is 11.6 Å². The smallest absolute Gasteiger partial charge is 0.429 e. The minimum Gasteiger partial charge on any atom is -0.494 e. The summed E-state index contributed by atoms with van der Waals surface area (Å²) >= 11 is 0. The van der Waals surface area contributed by atoms with Gasteiger partial charge in [-0.15, -0.1) is 0 Å². The van der Waals surface area contributed by atoms with Crippen LogP contribution in [0.4, 0.5) is 17.6 Å². The molecule has 3 rings (SSSR count). The minimum atomic E-state index is -3.99. The van der Waals surface area contributed by atoms with E-state index in [1.165, 1.54) is 0 Å². The highest BCUT2D eigenvalue weighted by Crippen LogP contribution is 2.39. The van der Waals surface area contributed by atoms with Crippen LogP contribution in [0.2, 0.25) is 0 Å². The quantitative estimate of drug-likeness (QED) is 0.305. The number of alkyl halides is 2. The molecule has 0 aliphatic heterocycles. The summed E-state index contributed by atoms with van der Waals surface area (Å²) in [4.78, 5) is 0. The van der Waals surface area contributed by atoms with Crippen molar-refractivity contribution in [2.75, 3.05) is 20.3 Å². The molecule has 1 atom stereocenters. The number of hydrogen-bond acceptors (Lipinski definition) is 3. The lowest BCUT2D eigenvalue weighted by atomic mass is 9.93. The molecule has 172 valence electrons. The van der Waals surface area contributed by atoms with Gasteiger partial charge in [0.25, 0.3) is 0 Å². The lowest BCUT2D eigenvalue weighted by Gasteiger charge is -2.25. The van der Waals surface area contributed by atoms with E-state index in [0.29, 0.717) is 37.4 Å². The molecule has 1 aliphatic carbocycles. The van der Waals surface area contributed by atoms with E-state index in [1.54, 1.807) is 37.5 Å². The number of ether oxygens (including phenoxy) is 3. The fraction of sp³-hybridized carbons (Fsp3) is 0.360. The number of halogens is 4. The molecule has 0 saturated carbocycles. The van der Waals surface area contributed by atoms with Crippen LogP contribution in [-0.4, -0.2) is 20.3 Å². The van der Waals surface area contributed by atoms with Crippen LogP contribution in [-0.2, 0) is 15.6 Å². The highest BCUT2D eigenvalue weighted by atomic mass is 19.3. The van der Waals surface area contributed by atoms with Crippen molar-refractivity contribution in [3.05, 3.63) is 77.6 Å². The van der Waals surface area contributed by atoms with Gasteiger partial charge in [-0.05, 0) is 55.5 Å². The summed E-state index contributed by atoms with van der Waals surface area (Å²) in [6.07, 6.45) is 2.86. The molecule has 2 aromatic carbocycles. The predicted octanol–water partition coefficient (Wildman–Crippen LogP) is 6.98. The highest BCUT2D eigenvalue weighted by molar-refractivity contribution is 5.65. The molecule has 0 bridgehead atoms. The van der Waals surface area contributed by atoms with Crippen LogP contribution in [0.1, 0.15) is 31.7 Å². The first kappa shape index (κ1) is 23.9. The van der Waals surface area contributed by atoms with Crippen molar-refractivity contribution < 1.29 is 31.8 Å². The maximum absolute atomic E-state index is 14.7. The molecular formula is C25H26F4O3. The number of methoxy groups -OCH3 is 1. The Labute approximate surface area is 185 Å². The molecule has 2 aromatic rings. The normalized spacial score (nSPS) is 16.8. The van der Waals surface area contributed by atoms with E-state index >= 15 is 0 Å². The first-order chi connectivity index (χ1) is 15.4. The Kier molecular flexibility index (Phi) is 7.96. The Morgan fingerprint density at radius 3 is 2.44 bits per heavy atom. The molecule has 1 aliphatic rings. The number of benzene rings is 2. The van der Waals surface area contributed by atoms with Crippen LogP contribution < -0.4 is 4.74 Å². The number of hydrogen-bond donors (Lipinski definition) is 0. The molecule has 0 saturated heterocycles. The average Bonchev–Trinajstić information content (AvgIpc) is 2.77. The van der Waals surface area contributed by atoms with E-state index in [-0.39, 0.29) is 23.7 Å². The summed E-state index contributed by atoms with van der Waals surface area (Å²) in [6, 6.07) is 8.30. The zero-order valence-electron chi connectivity index (χ0n) is 18.0. The molecule has 32 heavy (non-hydrogen) atoms. The second-order valence-corrected chi connectivity index (χ2v) is 7.45. The van der Waals surface area contributed by atoms with Crippen molar-refractivity contribution in [2.24, 2.45) is 5.92 Å². The minimum absolute atomic E-state index is 0.0711. The molecule has 3 nitrogen and oxygen atoms in total. The summed E-state index contributed by atoms with van der Waals surface area (Å²) in [5.41, 5.74) is -0.899. The van der Waals surface area contributed by atoms with Gasteiger partial charge in [-0.3, -0.25) is 0 Å². The Bertz CT molecular complexity index is 968. The SMILES string of the molecule is CCOc1ccc(-c2ccc(C(F)(F)OC3=CCC(/C=C/COC)CC3)c(F)c2F)cc1. The van der Waals surface area contributed by atoms with Crippen LogP contribution in [0.5, 0.6) is 5.75 Å². The summed E-state index contributed by atoms with van der Waals surface area (Å²) in [6.45, 7) is 2.78. The Balaban J connectivity index is 1.75. The fourth-order valence-electron chi connectivity index (χ4n) is 3.56. The van der Waals surface area contributed by atoms with Crippen LogP contribution >= 0.6 is 0 Å². The summed E-state index contributed by atoms with van der Waals surface area (Å²) in [5.74, 6) is -2.13. The Hall–Kier alpha value is -2.80. The molecule has 7 heteroatoms. The first-order valence-corrected chi connectivity index (χ1v) is 10.5. The van der Waals surface area contributed by atoms with E-state index in [4.69, 9.17) is 14.2 Å². The van der Waals surface area contributed by atoms with Crippen LogP contribution in [0.3, 0.4) is 0 Å². The van der Waals surface area contributed by atoms with Crippen LogP contribution in [0.25, 0.3) is 11.1 Å². The second kappa shape index (κ2) is 10.7. The van der Waals surface area contributed by atoms with Gasteiger partial charge in [-0.25, -0.2) is 8.78 Å². The maximum atomic E-state index is 14.7. The van der Waals surface area contributed by atoms with Crippen molar-refractivity contribution in [2.45, 2.75) is 32.3 Å². The van der Waals surface area contributed by atoms with E-state index in [9.17, 15) is 17.6 Å². The van der Waals surface area contributed by atoms with Crippen molar-refractivity contribution in [3.63, 3.8) is 0 Å². The topological polar surface area (TPSA) is 27.7 Å². The second-order valence-electron chi connectivity index (χ2n) is 7.45. The molecule has 0 heterocycles. The van der Waals surface area contributed by atoms with E-state index in [0.717, 1.165) is 12.1 Å². The van der Waals surface area contributed by atoms with Gasteiger partial charge in [-0.1, -0.05) is 30.4 Å². The standard InChI is InChI=1S/C25H26F4O3/c1-3-31-19-12-8-18(9-13-19)21-14-15-22(24(27)23(21)26)25(28,29)32-20-10-6-17(7-11-20)5-4-16-30-2/h4-5,8-10,12-15,17H,3,6-7,11,16H2,1-2H3/b5-4+. The van der Waals surface area contributed by atoms with Gasteiger partial charge in [-0.2, -0.15) is 8.78 Å². The first-order valence-electron chi connectivity index (χ1n) is 10.5. The van der Waals surface area contributed by atoms with Gasteiger partial charge in [0.1, 0.15) is 11.3 Å². The summed E-state index contributed by atoms with van der Waals surface area (Å²) < 4.78 is 73.8. The highest BCUT2D eigenvalue weighted by Gasteiger charge is 2.40. The molecule has 0 spiro atoms. The van der Waals surface area contributed by atoms with E-state index in [1.807, 2.05) is 19.1 Å². The van der Waals surface area contributed by atoms with Gasteiger partial charge in [0.2, 0.25) is 0 Å². The van der Waals surface area contributed by atoms with Gasteiger partial charge in [0, 0.05) is 19.1 Å². The van der Waals surface area contributed by atoms with Crippen molar-refractivity contribution in [1.82, 2.24) is 0 Å². The van der Waals surface area contributed by atoms with E-state index < -0.39 is 23.3 Å². The number of allylic oxidation sites excluding steroid dienone is 3. The summed E-state index contributed by atoms with van der Waals surface area (Å²) in [5, 5.41) is 0. The predicted molar refractivity (Wildman–Crippen MR) is 114 cm³/mol. The molecule has 0 aromatic heterocycles. The van der Waals surface area contributed by atoms with Gasteiger partial charge in [0.05, 0.1) is 19.0 Å². The maximum Gasteiger partial charge on any atom is 0.429 e. The third-order valence-corrected chi connectivity index (χ3v) is 5.21. The third-order valence-electron chi connectivity index (χ3n) is 5.21. The average molecular weight is 450 g/mol. The molecule has 0 N–H and O–H groups in total.